The molecule has 0 N–H and O–H groups in total. The van der Waals surface area contributed by atoms with Gasteiger partial charge in [0.1, 0.15) is 6.23 Å². The Bertz CT molecular complexity index is 396. The van der Waals surface area contributed by atoms with E-state index >= 15 is 0 Å². The monoisotopic (exact) mass is 288 g/mol. The van der Waals surface area contributed by atoms with E-state index in [2.05, 4.69) is 15.9 Å². The lowest BCUT2D eigenvalue weighted by molar-refractivity contribution is -0.386. The molecule has 1 aromatic rings. The first-order valence-electron chi connectivity index (χ1n) is 4.69. The molecule has 0 saturated heterocycles. The summed E-state index contributed by atoms with van der Waals surface area (Å²) in [6.45, 7) is 1.83. The Kier molecular flexibility index (Phi) is 4.26. The Hall–Kier alpha value is -1.14. The van der Waals surface area contributed by atoms with Crippen LogP contribution in [0.1, 0.15) is 6.92 Å². The highest BCUT2D eigenvalue weighted by molar-refractivity contribution is 9.10. The van der Waals surface area contributed by atoms with Gasteiger partial charge in [-0.2, -0.15) is 0 Å². The van der Waals surface area contributed by atoms with Gasteiger partial charge in [-0.1, -0.05) is 15.9 Å². The van der Waals surface area contributed by atoms with Crippen molar-refractivity contribution >= 4 is 21.6 Å². The van der Waals surface area contributed by atoms with Crippen molar-refractivity contribution in [1.29, 1.82) is 0 Å². The average molecular weight is 289 g/mol. The zero-order valence-corrected chi connectivity index (χ0v) is 10.9. The second-order valence-electron chi connectivity index (χ2n) is 3.55. The number of nitro groups is 1. The minimum Gasteiger partial charge on any atom is -0.468 e. The van der Waals surface area contributed by atoms with Gasteiger partial charge in [0.2, 0.25) is 0 Å². The van der Waals surface area contributed by atoms with Gasteiger partial charge in [-0.3, -0.25) is 15.0 Å². The van der Waals surface area contributed by atoms with Crippen LogP contribution in [0.3, 0.4) is 0 Å². The van der Waals surface area contributed by atoms with Gasteiger partial charge in [0.05, 0.1) is 4.92 Å². The third-order valence-corrected chi connectivity index (χ3v) is 2.64. The Labute approximate surface area is 102 Å². The van der Waals surface area contributed by atoms with E-state index in [0.717, 1.165) is 0 Å². The van der Waals surface area contributed by atoms with E-state index in [1.165, 1.54) is 6.07 Å². The highest BCUT2D eigenvalue weighted by atomic mass is 79.9. The molecule has 0 heterocycles. The van der Waals surface area contributed by atoms with Crippen molar-refractivity contribution in [1.82, 2.24) is 4.90 Å². The summed E-state index contributed by atoms with van der Waals surface area (Å²) in [5.74, 6) is 0.273. The fourth-order valence-electron chi connectivity index (χ4n) is 1.02. The Morgan fingerprint density at radius 2 is 2.12 bits per heavy atom. The lowest BCUT2D eigenvalue weighted by Crippen LogP contribution is -2.30. The van der Waals surface area contributed by atoms with Crippen molar-refractivity contribution < 1.29 is 9.66 Å². The first-order chi connectivity index (χ1) is 7.41. The molecule has 0 aliphatic heterocycles. The van der Waals surface area contributed by atoms with Crippen molar-refractivity contribution in [2.24, 2.45) is 0 Å². The van der Waals surface area contributed by atoms with E-state index in [1.54, 1.807) is 12.1 Å². The first kappa shape index (κ1) is 12.9. The minimum absolute atomic E-state index is 0.0388. The summed E-state index contributed by atoms with van der Waals surface area (Å²) in [7, 11) is 3.69. The molecular formula is C10H13BrN2O3. The Morgan fingerprint density at radius 1 is 1.50 bits per heavy atom. The van der Waals surface area contributed by atoms with Crippen LogP contribution >= 0.6 is 15.9 Å². The summed E-state index contributed by atoms with van der Waals surface area (Å²) in [6.07, 6.45) is -0.222. The van der Waals surface area contributed by atoms with Crippen LogP contribution in [0.15, 0.2) is 22.7 Å². The second kappa shape index (κ2) is 5.27. The van der Waals surface area contributed by atoms with Gasteiger partial charge >= 0.3 is 5.69 Å². The summed E-state index contributed by atoms with van der Waals surface area (Å²) in [6, 6.07) is 4.73. The molecule has 0 radical (unpaired) electrons. The lowest BCUT2D eigenvalue weighted by atomic mass is 10.3. The number of benzene rings is 1. The highest BCUT2D eigenvalue weighted by Gasteiger charge is 2.18. The van der Waals surface area contributed by atoms with Crippen LogP contribution in [0.4, 0.5) is 5.69 Å². The summed E-state index contributed by atoms with van der Waals surface area (Å²) >= 11 is 3.19. The van der Waals surface area contributed by atoms with Gasteiger partial charge in [-0.05, 0) is 33.2 Å². The van der Waals surface area contributed by atoms with Crippen molar-refractivity contribution in [3.63, 3.8) is 0 Å². The number of nitrogens with zero attached hydrogens (tertiary/aromatic N) is 2. The zero-order valence-electron chi connectivity index (χ0n) is 9.31. The molecule has 0 aromatic heterocycles. The summed E-state index contributed by atoms with van der Waals surface area (Å²) in [5.41, 5.74) is -0.0388. The van der Waals surface area contributed by atoms with Gasteiger partial charge in [0, 0.05) is 10.5 Å². The van der Waals surface area contributed by atoms with Crippen LogP contribution in [0.5, 0.6) is 5.75 Å². The van der Waals surface area contributed by atoms with E-state index in [1.807, 2.05) is 25.9 Å². The minimum atomic E-state index is -0.456. The number of ether oxygens (including phenoxy) is 1. The molecule has 1 atom stereocenters. The smallest absolute Gasteiger partial charge is 0.312 e. The Balaban J connectivity index is 2.99. The normalized spacial score (nSPS) is 12.6. The third-order valence-electron chi connectivity index (χ3n) is 2.14. The number of hydrogen-bond donors (Lipinski definition) is 0. The van der Waals surface area contributed by atoms with Crippen LogP contribution in [0.25, 0.3) is 0 Å². The largest absolute Gasteiger partial charge is 0.468 e. The maximum atomic E-state index is 10.8. The van der Waals surface area contributed by atoms with Gasteiger partial charge < -0.3 is 4.74 Å². The van der Waals surface area contributed by atoms with Crippen LogP contribution in [0.2, 0.25) is 0 Å². The van der Waals surface area contributed by atoms with Crippen LogP contribution < -0.4 is 4.74 Å². The third kappa shape index (κ3) is 3.18. The molecule has 1 unspecified atom stereocenters. The van der Waals surface area contributed by atoms with Crippen LogP contribution in [-0.2, 0) is 0 Å². The molecule has 88 valence electrons. The van der Waals surface area contributed by atoms with E-state index in [-0.39, 0.29) is 17.7 Å². The van der Waals surface area contributed by atoms with Crippen molar-refractivity contribution in [3.8, 4) is 5.75 Å². The lowest BCUT2D eigenvalue weighted by Gasteiger charge is -2.20. The maximum Gasteiger partial charge on any atom is 0.312 e. The van der Waals surface area contributed by atoms with Gasteiger partial charge in [0.25, 0.3) is 0 Å². The number of halogens is 1. The summed E-state index contributed by atoms with van der Waals surface area (Å²) in [4.78, 5) is 12.2. The summed E-state index contributed by atoms with van der Waals surface area (Å²) < 4.78 is 6.14. The molecule has 0 saturated carbocycles. The molecule has 16 heavy (non-hydrogen) atoms. The zero-order chi connectivity index (χ0) is 12.3. The van der Waals surface area contributed by atoms with Crippen LogP contribution in [-0.4, -0.2) is 30.1 Å². The van der Waals surface area contributed by atoms with Crippen LogP contribution in [0, 0.1) is 10.1 Å². The fourth-order valence-corrected chi connectivity index (χ4v) is 1.37. The number of nitro benzene ring substituents is 1. The number of rotatable bonds is 4. The molecule has 0 fully saturated rings. The predicted octanol–water partition coefficient (Wildman–Crippen LogP) is 2.64. The first-order valence-corrected chi connectivity index (χ1v) is 5.48. The maximum absolute atomic E-state index is 10.8. The molecular weight excluding hydrogens is 276 g/mol. The van der Waals surface area contributed by atoms with E-state index in [0.29, 0.717) is 4.47 Å². The SMILES string of the molecule is CC(Oc1ccc(Br)cc1[N+](=O)[O-])N(C)C. The van der Waals surface area contributed by atoms with Gasteiger partial charge in [0.15, 0.2) is 5.75 Å². The number of hydrogen-bond acceptors (Lipinski definition) is 4. The average Bonchev–Trinajstić information content (AvgIpc) is 2.20. The second-order valence-corrected chi connectivity index (χ2v) is 4.47. The van der Waals surface area contributed by atoms with Crippen molar-refractivity contribution in [2.75, 3.05) is 14.1 Å². The molecule has 6 heteroatoms. The molecule has 0 bridgehead atoms. The standard InChI is InChI=1S/C10H13BrN2O3/c1-7(12(2)3)16-10-5-4-8(11)6-9(10)13(14)15/h4-7H,1-3H3. The molecule has 1 rings (SSSR count). The molecule has 0 amide bonds. The van der Waals surface area contributed by atoms with Crippen molar-refractivity contribution in [3.05, 3.63) is 32.8 Å². The quantitative estimate of drug-likeness (QED) is 0.486. The topological polar surface area (TPSA) is 55.6 Å². The predicted molar refractivity (Wildman–Crippen MR) is 64.6 cm³/mol. The summed E-state index contributed by atoms with van der Waals surface area (Å²) in [5, 5.41) is 10.8. The van der Waals surface area contributed by atoms with E-state index in [9.17, 15) is 10.1 Å². The van der Waals surface area contributed by atoms with Gasteiger partial charge in [-0.25, -0.2) is 0 Å². The van der Waals surface area contributed by atoms with Gasteiger partial charge in [-0.15, -0.1) is 0 Å². The Morgan fingerprint density at radius 3 is 2.62 bits per heavy atom. The highest BCUT2D eigenvalue weighted by Crippen LogP contribution is 2.30. The van der Waals surface area contributed by atoms with Crippen molar-refractivity contribution in [2.45, 2.75) is 13.2 Å². The van der Waals surface area contributed by atoms with E-state index in [4.69, 9.17) is 4.74 Å². The molecule has 0 aliphatic carbocycles. The molecule has 5 nitrogen and oxygen atoms in total. The van der Waals surface area contributed by atoms with E-state index < -0.39 is 4.92 Å². The fraction of sp³-hybridized carbons (Fsp3) is 0.400. The molecule has 1 aromatic carbocycles. The molecule has 0 aliphatic rings. The molecule has 0 spiro atoms.